The van der Waals surface area contributed by atoms with Gasteiger partial charge in [-0.1, -0.05) is 27.2 Å². The molecule has 2 aromatic rings. The van der Waals surface area contributed by atoms with Gasteiger partial charge in [0, 0.05) is 10.0 Å². The fraction of sp³-hybridized carbons (Fsp3) is 0.154. The van der Waals surface area contributed by atoms with Crippen molar-refractivity contribution in [2.75, 3.05) is 7.11 Å². The summed E-state index contributed by atoms with van der Waals surface area (Å²) in [5, 5.41) is 5.84. The summed E-state index contributed by atoms with van der Waals surface area (Å²) in [6, 6.07) is 9.52. The van der Waals surface area contributed by atoms with E-state index >= 15 is 0 Å². The zero-order chi connectivity index (χ0) is 13.7. The van der Waals surface area contributed by atoms with E-state index in [-0.39, 0.29) is 0 Å². The first-order valence-electron chi connectivity index (χ1n) is 5.52. The van der Waals surface area contributed by atoms with Gasteiger partial charge in [0.05, 0.1) is 12.0 Å². The van der Waals surface area contributed by atoms with E-state index in [9.17, 15) is 0 Å². The number of hydrogen-bond donors (Lipinski definition) is 1. The van der Waals surface area contributed by atoms with Gasteiger partial charge in [-0.2, -0.15) is 0 Å². The second-order valence-corrected chi connectivity index (χ2v) is 5.55. The largest absolute Gasteiger partial charge is 0.496 e. The van der Waals surface area contributed by atoms with Crippen molar-refractivity contribution in [3.05, 3.63) is 50.6 Å². The topological polar surface area (TPSA) is 56.8 Å². The van der Waals surface area contributed by atoms with Crippen molar-refractivity contribution in [2.24, 2.45) is 10.9 Å². The van der Waals surface area contributed by atoms with E-state index in [1.807, 2.05) is 35.7 Å². The Kier molecular flexibility index (Phi) is 4.81. The molecule has 0 amide bonds. The average Bonchev–Trinajstić information content (AvgIpc) is 2.93. The fourth-order valence-electron chi connectivity index (χ4n) is 1.50. The predicted octanol–water partition coefficient (Wildman–Crippen LogP) is 3.36. The monoisotopic (exact) mass is 340 g/mol. The molecule has 1 aromatic heterocycles. The zero-order valence-corrected chi connectivity index (χ0v) is 12.7. The minimum absolute atomic E-state index is 0.300. The molecule has 0 fully saturated rings. The van der Waals surface area contributed by atoms with Gasteiger partial charge < -0.3 is 15.3 Å². The second-order valence-electron chi connectivity index (χ2n) is 3.68. The highest BCUT2D eigenvalue weighted by Crippen LogP contribution is 2.23. The first-order chi connectivity index (χ1) is 9.20. The van der Waals surface area contributed by atoms with Crippen LogP contribution < -0.4 is 10.5 Å². The summed E-state index contributed by atoms with van der Waals surface area (Å²) in [5.41, 5.74) is 6.70. The molecule has 0 radical (unpaired) electrons. The molecular weight excluding hydrogens is 328 g/mol. The first-order valence-corrected chi connectivity index (χ1v) is 7.19. The van der Waals surface area contributed by atoms with Crippen LogP contribution in [0.15, 0.2) is 45.3 Å². The van der Waals surface area contributed by atoms with Crippen LogP contribution in [0.2, 0.25) is 0 Å². The molecular formula is C13H13BrN2O2S. The lowest BCUT2D eigenvalue weighted by molar-refractivity contribution is 0.128. The Morgan fingerprint density at radius 3 is 2.95 bits per heavy atom. The van der Waals surface area contributed by atoms with E-state index < -0.39 is 0 Å². The van der Waals surface area contributed by atoms with Gasteiger partial charge in [0.25, 0.3) is 0 Å². The second kappa shape index (κ2) is 6.58. The highest BCUT2D eigenvalue weighted by molar-refractivity contribution is 9.10. The maximum atomic E-state index is 5.80. The Morgan fingerprint density at radius 2 is 2.26 bits per heavy atom. The molecule has 2 N–H and O–H groups in total. The molecule has 0 aliphatic carbocycles. The quantitative estimate of drug-likeness (QED) is 0.515. The summed E-state index contributed by atoms with van der Waals surface area (Å²) in [6.45, 7) is 0.300. The van der Waals surface area contributed by atoms with Crippen molar-refractivity contribution in [1.29, 1.82) is 0 Å². The van der Waals surface area contributed by atoms with E-state index in [0.717, 1.165) is 20.7 Å². The molecule has 1 aromatic carbocycles. The smallest absolute Gasteiger partial charge is 0.180 e. The Labute approximate surface area is 124 Å². The number of rotatable bonds is 5. The van der Waals surface area contributed by atoms with Crippen molar-refractivity contribution >= 4 is 33.1 Å². The lowest BCUT2D eigenvalue weighted by atomic mass is 10.2. The first kappa shape index (κ1) is 13.9. The van der Waals surface area contributed by atoms with Gasteiger partial charge in [-0.05, 0) is 29.6 Å². The van der Waals surface area contributed by atoms with E-state index in [2.05, 4.69) is 21.1 Å². The lowest BCUT2D eigenvalue weighted by Gasteiger charge is -2.08. The molecule has 0 atom stereocenters. The Bertz CT molecular complexity index is 570. The summed E-state index contributed by atoms with van der Waals surface area (Å²) < 4.78 is 6.21. The summed E-state index contributed by atoms with van der Waals surface area (Å²) in [4.78, 5) is 6.16. The van der Waals surface area contributed by atoms with E-state index in [4.69, 9.17) is 15.3 Å². The minimum Gasteiger partial charge on any atom is -0.496 e. The number of halogens is 1. The van der Waals surface area contributed by atoms with Gasteiger partial charge in [-0.25, -0.2) is 0 Å². The van der Waals surface area contributed by atoms with Crippen LogP contribution in [0.1, 0.15) is 10.4 Å². The Hall–Kier alpha value is -1.53. The molecule has 1 heterocycles. The van der Waals surface area contributed by atoms with Gasteiger partial charge in [-0.3, -0.25) is 0 Å². The molecule has 0 saturated heterocycles. The standard InChI is InChI=1S/C13H13BrN2O2S/c1-17-11-5-4-10(14)7-9(11)8-18-16-13(15)12-3-2-6-19-12/h2-7H,8H2,1H3,(H2,15,16). The van der Waals surface area contributed by atoms with Crippen LogP contribution in [0.4, 0.5) is 0 Å². The molecule has 0 aliphatic heterocycles. The molecule has 0 unspecified atom stereocenters. The molecule has 0 aliphatic rings. The van der Waals surface area contributed by atoms with Crippen molar-refractivity contribution in [2.45, 2.75) is 6.61 Å². The molecule has 2 rings (SSSR count). The number of amidine groups is 1. The van der Waals surface area contributed by atoms with Crippen molar-refractivity contribution in [3.63, 3.8) is 0 Å². The normalized spacial score (nSPS) is 11.4. The summed E-state index contributed by atoms with van der Waals surface area (Å²) in [7, 11) is 1.62. The average molecular weight is 341 g/mol. The Morgan fingerprint density at radius 1 is 1.42 bits per heavy atom. The summed E-state index contributed by atoms with van der Waals surface area (Å²) in [5.74, 6) is 1.14. The van der Waals surface area contributed by atoms with Crippen LogP contribution >= 0.6 is 27.3 Å². The summed E-state index contributed by atoms with van der Waals surface area (Å²) in [6.07, 6.45) is 0. The van der Waals surface area contributed by atoms with Crippen molar-refractivity contribution < 1.29 is 9.57 Å². The van der Waals surface area contributed by atoms with Gasteiger partial charge in [-0.15, -0.1) is 11.3 Å². The number of oxime groups is 1. The molecule has 0 spiro atoms. The lowest BCUT2D eigenvalue weighted by Crippen LogP contribution is -2.12. The zero-order valence-electron chi connectivity index (χ0n) is 10.3. The number of methoxy groups -OCH3 is 1. The molecule has 0 saturated carbocycles. The number of nitrogens with zero attached hydrogens (tertiary/aromatic N) is 1. The fourth-order valence-corrected chi connectivity index (χ4v) is 2.53. The summed E-state index contributed by atoms with van der Waals surface area (Å²) >= 11 is 4.93. The van der Waals surface area contributed by atoms with Crippen LogP contribution in [0.5, 0.6) is 5.75 Å². The molecule has 100 valence electrons. The van der Waals surface area contributed by atoms with Gasteiger partial charge in [0.1, 0.15) is 12.4 Å². The van der Waals surface area contributed by atoms with Gasteiger partial charge in [0.15, 0.2) is 5.84 Å². The van der Waals surface area contributed by atoms with E-state index in [0.29, 0.717) is 12.4 Å². The van der Waals surface area contributed by atoms with Gasteiger partial charge >= 0.3 is 0 Å². The molecule has 6 heteroatoms. The molecule has 0 bridgehead atoms. The minimum atomic E-state index is 0.300. The van der Waals surface area contributed by atoms with Crippen LogP contribution in [0, 0.1) is 0 Å². The van der Waals surface area contributed by atoms with E-state index in [1.165, 1.54) is 11.3 Å². The maximum absolute atomic E-state index is 5.80. The highest BCUT2D eigenvalue weighted by Gasteiger charge is 2.05. The number of nitrogens with two attached hydrogens (primary N) is 1. The molecule has 19 heavy (non-hydrogen) atoms. The third-order valence-corrected chi connectivity index (χ3v) is 3.78. The van der Waals surface area contributed by atoms with Crippen LogP contribution in [-0.4, -0.2) is 12.9 Å². The number of ether oxygens (including phenoxy) is 1. The maximum Gasteiger partial charge on any atom is 0.180 e. The third-order valence-electron chi connectivity index (χ3n) is 2.40. The molecule has 4 nitrogen and oxygen atoms in total. The van der Waals surface area contributed by atoms with Crippen molar-refractivity contribution in [1.82, 2.24) is 0 Å². The number of hydrogen-bond acceptors (Lipinski definition) is 4. The van der Waals surface area contributed by atoms with Gasteiger partial charge in [0.2, 0.25) is 0 Å². The van der Waals surface area contributed by atoms with Crippen LogP contribution in [0.3, 0.4) is 0 Å². The highest BCUT2D eigenvalue weighted by atomic mass is 79.9. The predicted molar refractivity (Wildman–Crippen MR) is 80.5 cm³/mol. The van der Waals surface area contributed by atoms with E-state index in [1.54, 1.807) is 7.11 Å². The van der Waals surface area contributed by atoms with Crippen LogP contribution in [0.25, 0.3) is 0 Å². The number of benzene rings is 1. The SMILES string of the molecule is COc1ccc(Br)cc1CO/N=C(/N)c1cccs1. The Balaban J connectivity index is 2.03. The van der Waals surface area contributed by atoms with Crippen molar-refractivity contribution in [3.8, 4) is 5.75 Å². The van der Waals surface area contributed by atoms with Crippen LogP contribution in [-0.2, 0) is 11.4 Å². The number of thiophene rings is 1. The third kappa shape index (κ3) is 3.71.